The monoisotopic (exact) mass is 272 g/mol. The summed E-state index contributed by atoms with van der Waals surface area (Å²) in [5.74, 6) is -2.89. The summed E-state index contributed by atoms with van der Waals surface area (Å²) in [6.45, 7) is 1.74. The zero-order valence-corrected chi connectivity index (χ0v) is 10.2. The summed E-state index contributed by atoms with van der Waals surface area (Å²) in [6, 6.07) is 1.98. The SMILES string of the molecule is CCC(Sc1nc2cc(F)c(F)cc2[nH]1)C(=O)O. The van der Waals surface area contributed by atoms with Crippen molar-refractivity contribution in [3.05, 3.63) is 23.8 Å². The highest BCUT2D eigenvalue weighted by Gasteiger charge is 2.19. The number of thioether (sulfide) groups is 1. The molecule has 0 aliphatic rings. The number of rotatable bonds is 4. The van der Waals surface area contributed by atoms with E-state index in [1.54, 1.807) is 6.92 Å². The lowest BCUT2D eigenvalue weighted by Crippen LogP contribution is -2.14. The van der Waals surface area contributed by atoms with Crippen molar-refractivity contribution in [2.45, 2.75) is 23.8 Å². The number of hydrogen-bond donors (Lipinski definition) is 2. The summed E-state index contributed by atoms with van der Waals surface area (Å²) < 4.78 is 26.0. The number of H-pyrrole nitrogens is 1. The van der Waals surface area contributed by atoms with Crippen LogP contribution in [0.3, 0.4) is 0 Å². The van der Waals surface area contributed by atoms with Crippen molar-refractivity contribution in [3.63, 3.8) is 0 Å². The number of nitrogens with zero attached hydrogens (tertiary/aromatic N) is 1. The van der Waals surface area contributed by atoms with Gasteiger partial charge in [0.1, 0.15) is 5.25 Å². The lowest BCUT2D eigenvalue weighted by Gasteiger charge is -2.05. The average molecular weight is 272 g/mol. The molecule has 0 radical (unpaired) electrons. The molecule has 0 fully saturated rings. The van der Waals surface area contributed by atoms with Crippen LogP contribution in [0.2, 0.25) is 0 Å². The number of carboxylic acid groups (broad SMARTS) is 1. The van der Waals surface area contributed by atoms with Gasteiger partial charge in [-0.2, -0.15) is 0 Å². The van der Waals surface area contributed by atoms with Gasteiger partial charge in [0.05, 0.1) is 11.0 Å². The van der Waals surface area contributed by atoms with E-state index in [0.717, 1.165) is 23.9 Å². The van der Waals surface area contributed by atoms with Crippen LogP contribution in [-0.4, -0.2) is 26.3 Å². The summed E-state index contributed by atoms with van der Waals surface area (Å²) in [6.07, 6.45) is 0.430. The summed E-state index contributed by atoms with van der Waals surface area (Å²) in [5.41, 5.74) is 0.619. The van der Waals surface area contributed by atoms with Gasteiger partial charge in [0.15, 0.2) is 16.8 Å². The first kappa shape index (κ1) is 12.8. The summed E-state index contributed by atoms with van der Waals surface area (Å²) in [4.78, 5) is 17.7. The van der Waals surface area contributed by atoms with Gasteiger partial charge in [-0.1, -0.05) is 18.7 Å². The average Bonchev–Trinajstić information content (AvgIpc) is 2.68. The van der Waals surface area contributed by atoms with Crippen molar-refractivity contribution in [1.29, 1.82) is 0 Å². The molecule has 0 spiro atoms. The summed E-state index contributed by atoms with van der Waals surface area (Å²) >= 11 is 1.02. The molecule has 0 saturated heterocycles. The van der Waals surface area contributed by atoms with Gasteiger partial charge in [-0.3, -0.25) is 4.79 Å². The number of benzene rings is 1. The Morgan fingerprint density at radius 1 is 1.50 bits per heavy atom. The molecule has 0 aliphatic heterocycles. The number of aromatic amines is 1. The number of aliphatic carboxylic acids is 1. The van der Waals surface area contributed by atoms with Crippen LogP contribution in [0.25, 0.3) is 11.0 Å². The normalized spacial score (nSPS) is 12.8. The smallest absolute Gasteiger partial charge is 0.317 e. The number of carbonyl (C=O) groups is 1. The van der Waals surface area contributed by atoms with Crippen LogP contribution >= 0.6 is 11.8 Å². The molecule has 1 aromatic heterocycles. The van der Waals surface area contributed by atoms with Gasteiger partial charge in [0, 0.05) is 12.1 Å². The number of halogens is 2. The van der Waals surface area contributed by atoms with E-state index in [4.69, 9.17) is 5.11 Å². The minimum absolute atomic E-state index is 0.275. The maximum Gasteiger partial charge on any atom is 0.317 e. The molecule has 7 heteroatoms. The quantitative estimate of drug-likeness (QED) is 0.840. The molecule has 0 saturated carbocycles. The molecule has 1 aromatic carbocycles. The summed E-state index contributed by atoms with van der Waals surface area (Å²) in [5, 5.41) is 8.61. The number of carboxylic acids is 1. The lowest BCUT2D eigenvalue weighted by molar-refractivity contribution is -0.136. The Kier molecular flexibility index (Phi) is 3.51. The van der Waals surface area contributed by atoms with Crippen LogP contribution in [-0.2, 0) is 4.79 Å². The van der Waals surface area contributed by atoms with E-state index in [9.17, 15) is 13.6 Å². The van der Waals surface area contributed by atoms with Crippen LogP contribution < -0.4 is 0 Å². The van der Waals surface area contributed by atoms with E-state index in [1.807, 2.05) is 0 Å². The van der Waals surface area contributed by atoms with E-state index >= 15 is 0 Å². The van der Waals surface area contributed by atoms with E-state index in [1.165, 1.54) is 0 Å². The van der Waals surface area contributed by atoms with E-state index in [-0.39, 0.29) is 5.52 Å². The second-order valence-electron chi connectivity index (χ2n) is 3.68. The predicted octanol–water partition coefficient (Wildman–Crippen LogP) is 2.80. The van der Waals surface area contributed by atoms with Crippen molar-refractivity contribution in [1.82, 2.24) is 9.97 Å². The summed E-state index contributed by atoms with van der Waals surface area (Å²) in [7, 11) is 0. The Balaban J connectivity index is 2.33. The molecule has 1 atom stereocenters. The van der Waals surface area contributed by atoms with Gasteiger partial charge in [-0.15, -0.1) is 0 Å². The number of aromatic nitrogens is 2. The van der Waals surface area contributed by atoms with Crippen molar-refractivity contribution in [3.8, 4) is 0 Å². The fourth-order valence-corrected chi connectivity index (χ4v) is 2.34. The van der Waals surface area contributed by atoms with Crippen LogP contribution in [0.4, 0.5) is 8.78 Å². The van der Waals surface area contributed by atoms with Crippen LogP contribution in [0.5, 0.6) is 0 Å². The lowest BCUT2D eigenvalue weighted by atomic mass is 10.3. The molecular weight excluding hydrogens is 262 g/mol. The fraction of sp³-hybridized carbons (Fsp3) is 0.273. The second-order valence-corrected chi connectivity index (χ2v) is 4.87. The van der Waals surface area contributed by atoms with Crippen LogP contribution in [0.1, 0.15) is 13.3 Å². The van der Waals surface area contributed by atoms with Crippen molar-refractivity contribution < 1.29 is 18.7 Å². The minimum atomic E-state index is -0.976. The molecule has 0 amide bonds. The van der Waals surface area contributed by atoms with Gasteiger partial charge in [-0.05, 0) is 6.42 Å². The first-order valence-corrected chi connectivity index (χ1v) is 6.13. The van der Waals surface area contributed by atoms with E-state index in [2.05, 4.69) is 9.97 Å². The first-order valence-electron chi connectivity index (χ1n) is 5.25. The molecule has 4 nitrogen and oxygen atoms in total. The molecule has 2 rings (SSSR count). The third-order valence-corrected chi connectivity index (χ3v) is 3.64. The van der Waals surface area contributed by atoms with Crippen molar-refractivity contribution in [2.24, 2.45) is 0 Å². The Hall–Kier alpha value is -1.63. The molecular formula is C11H10F2N2O2S. The predicted molar refractivity (Wildman–Crippen MR) is 63.6 cm³/mol. The highest BCUT2D eigenvalue weighted by atomic mass is 32.2. The second kappa shape index (κ2) is 4.93. The molecule has 2 aromatic rings. The maximum absolute atomic E-state index is 13.0. The zero-order chi connectivity index (χ0) is 13.3. The molecule has 2 N–H and O–H groups in total. The molecule has 0 bridgehead atoms. The molecule has 1 unspecified atom stereocenters. The van der Waals surface area contributed by atoms with Gasteiger partial charge < -0.3 is 10.1 Å². The van der Waals surface area contributed by atoms with Gasteiger partial charge in [-0.25, -0.2) is 13.8 Å². The third-order valence-electron chi connectivity index (χ3n) is 2.40. The highest BCUT2D eigenvalue weighted by Crippen LogP contribution is 2.26. The number of fused-ring (bicyclic) bond motifs is 1. The highest BCUT2D eigenvalue weighted by molar-refractivity contribution is 8.00. The fourth-order valence-electron chi connectivity index (χ4n) is 1.48. The van der Waals surface area contributed by atoms with Gasteiger partial charge in [0.2, 0.25) is 0 Å². The molecule has 1 heterocycles. The first-order chi connectivity index (χ1) is 8.51. The minimum Gasteiger partial charge on any atom is -0.480 e. The molecule has 0 aliphatic carbocycles. The largest absolute Gasteiger partial charge is 0.480 e. The molecule has 18 heavy (non-hydrogen) atoms. The zero-order valence-electron chi connectivity index (χ0n) is 9.41. The third kappa shape index (κ3) is 2.45. The maximum atomic E-state index is 13.0. The van der Waals surface area contributed by atoms with Crippen LogP contribution in [0.15, 0.2) is 17.3 Å². The van der Waals surface area contributed by atoms with E-state index < -0.39 is 22.9 Å². The standard InChI is InChI=1S/C11H10F2N2O2S/c1-2-9(10(16)17)18-11-14-7-3-5(12)6(13)4-8(7)15-11/h3-4,9H,2H2,1H3,(H,14,15)(H,16,17). The Bertz CT molecular complexity index is 561. The Labute approximate surface area is 105 Å². The number of hydrogen-bond acceptors (Lipinski definition) is 3. The Morgan fingerprint density at radius 2 is 2.17 bits per heavy atom. The molecule has 96 valence electrons. The van der Waals surface area contributed by atoms with Gasteiger partial charge >= 0.3 is 5.97 Å². The van der Waals surface area contributed by atoms with Crippen molar-refractivity contribution >= 4 is 28.8 Å². The number of imidazole rings is 1. The Morgan fingerprint density at radius 3 is 2.78 bits per heavy atom. The number of nitrogens with one attached hydrogen (secondary N) is 1. The topological polar surface area (TPSA) is 66.0 Å². The van der Waals surface area contributed by atoms with E-state index in [0.29, 0.717) is 17.1 Å². The van der Waals surface area contributed by atoms with Crippen LogP contribution in [0, 0.1) is 11.6 Å². The van der Waals surface area contributed by atoms with Gasteiger partial charge in [0.25, 0.3) is 0 Å². The van der Waals surface area contributed by atoms with Crippen molar-refractivity contribution in [2.75, 3.05) is 0 Å².